The van der Waals surface area contributed by atoms with Gasteiger partial charge < -0.3 is 24.0 Å². The summed E-state index contributed by atoms with van der Waals surface area (Å²) in [6.45, 7) is 3.50. The summed E-state index contributed by atoms with van der Waals surface area (Å²) >= 11 is 0. The van der Waals surface area contributed by atoms with Crippen LogP contribution in [0.2, 0.25) is 0 Å². The average molecular weight is 439 g/mol. The summed E-state index contributed by atoms with van der Waals surface area (Å²) in [5, 5.41) is 0.905. The summed E-state index contributed by atoms with van der Waals surface area (Å²) < 4.78 is 16.9. The van der Waals surface area contributed by atoms with Crippen LogP contribution < -0.4 is 14.4 Å². The largest absolute Gasteiger partial charge is 0.493 e. The second kappa shape index (κ2) is 7.47. The number of carbonyl (C=O) groups is 1. The molecule has 8 nitrogen and oxygen atoms in total. The SMILES string of the molecule is COc1cc2cnc(N3CCN(C(=O)C45COC6CC(CCC64)C5)CC3)nc2cc1OC. The van der Waals surface area contributed by atoms with Crippen molar-refractivity contribution in [2.24, 2.45) is 17.3 Å². The third-order valence-corrected chi connectivity index (χ3v) is 8.17. The Morgan fingerprint density at radius 2 is 1.91 bits per heavy atom. The Labute approximate surface area is 187 Å². The van der Waals surface area contributed by atoms with Crippen molar-refractivity contribution in [1.82, 2.24) is 14.9 Å². The average Bonchev–Trinajstić information content (AvgIpc) is 3.13. The van der Waals surface area contributed by atoms with Crippen molar-refractivity contribution in [1.29, 1.82) is 0 Å². The number of carbonyl (C=O) groups excluding carboxylic acids is 1. The van der Waals surface area contributed by atoms with Gasteiger partial charge in [0.2, 0.25) is 11.9 Å². The molecule has 3 saturated carbocycles. The second-order valence-electron chi connectivity index (χ2n) is 9.71. The highest BCUT2D eigenvalue weighted by molar-refractivity contribution is 5.85. The summed E-state index contributed by atoms with van der Waals surface area (Å²) in [6, 6.07) is 3.77. The number of piperazine rings is 1. The Morgan fingerprint density at radius 3 is 2.66 bits per heavy atom. The molecule has 5 aliphatic rings. The number of methoxy groups -OCH3 is 2. The second-order valence-corrected chi connectivity index (χ2v) is 9.71. The molecule has 0 spiro atoms. The van der Waals surface area contributed by atoms with Gasteiger partial charge in [0.1, 0.15) is 0 Å². The Bertz CT molecular complexity index is 1050. The van der Waals surface area contributed by atoms with Crippen LogP contribution in [-0.4, -0.2) is 73.9 Å². The first-order valence-electron chi connectivity index (χ1n) is 11.7. The number of ether oxygens (including phenoxy) is 3. The minimum absolute atomic E-state index is 0.261. The van der Waals surface area contributed by atoms with E-state index in [1.54, 1.807) is 14.2 Å². The van der Waals surface area contributed by atoms with E-state index in [0.29, 0.717) is 61.0 Å². The van der Waals surface area contributed by atoms with Gasteiger partial charge >= 0.3 is 0 Å². The molecule has 4 unspecified atom stereocenters. The molecular weight excluding hydrogens is 408 g/mol. The van der Waals surface area contributed by atoms with Crippen LogP contribution in [0.25, 0.3) is 10.9 Å². The molecule has 3 aliphatic carbocycles. The standard InChI is InChI=1S/C24H30N4O4/c1-30-20-10-16-13-25-23(26-18(16)11-21(20)31-2)28-7-5-27(6-8-28)22(29)24-12-15-3-4-17(24)19(9-15)32-14-24/h10-11,13,15,17,19H,3-9,12,14H2,1-2H3. The monoisotopic (exact) mass is 438 g/mol. The van der Waals surface area contributed by atoms with Gasteiger partial charge in [-0.1, -0.05) is 0 Å². The highest BCUT2D eigenvalue weighted by atomic mass is 16.5. The van der Waals surface area contributed by atoms with Crippen molar-refractivity contribution < 1.29 is 19.0 Å². The molecule has 7 rings (SSSR count). The lowest BCUT2D eigenvalue weighted by Gasteiger charge is -2.49. The predicted octanol–water partition coefficient (Wildman–Crippen LogP) is 2.50. The first kappa shape index (κ1) is 20.0. The minimum Gasteiger partial charge on any atom is -0.493 e. The van der Waals surface area contributed by atoms with E-state index in [2.05, 4.69) is 14.8 Å². The quantitative estimate of drug-likeness (QED) is 0.726. The number of nitrogens with zero attached hydrogens (tertiary/aromatic N) is 4. The fraction of sp³-hybridized carbons (Fsp3) is 0.625. The van der Waals surface area contributed by atoms with E-state index in [1.807, 2.05) is 18.3 Å². The molecule has 0 N–H and O–H groups in total. The summed E-state index contributed by atoms with van der Waals surface area (Å²) in [5.41, 5.74) is 0.556. The topological polar surface area (TPSA) is 77.0 Å². The zero-order valence-corrected chi connectivity index (χ0v) is 18.7. The number of amides is 1. The van der Waals surface area contributed by atoms with Crippen LogP contribution in [-0.2, 0) is 9.53 Å². The number of anilines is 1. The molecule has 1 amide bonds. The normalized spacial score (nSPS) is 31.2. The predicted molar refractivity (Wildman–Crippen MR) is 119 cm³/mol. The van der Waals surface area contributed by atoms with Crippen LogP contribution in [0.3, 0.4) is 0 Å². The molecule has 32 heavy (non-hydrogen) atoms. The molecule has 0 radical (unpaired) electrons. The van der Waals surface area contributed by atoms with Crippen LogP contribution in [0.4, 0.5) is 5.95 Å². The van der Waals surface area contributed by atoms with Gasteiger partial charge in [-0.2, -0.15) is 0 Å². The highest BCUT2D eigenvalue weighted by Gasteiger charge is 2.62. The molecular formula is C24H30N4O4. The molecule has 3 heterocycles. The van der Waals surface area contributed by atoms with E-state index >= 15 is 0 Å². The molecule has 2 aliphatic heterocycles. The van der Waals surface area contributed by atoms with E-state index in [4.69, 9.17) is 19.2 Å². The van der Waals surface area contributed by atoms with Crippen molar-refractivity contribution in [3.05, 3.63) is 18.3 Å². The first-order valence-corrected chi connectivity index (χ1v) is 11.7. The molecule has 1 aromatic carbocycles. The van der Waals surface area contributed by atoms with Crippen LogP contribution in [0.5, 0.6) is 11.5 Å². The van der Waals surface area contributed by atoms with Crippen LogP contribution >= 0.6 is 0 Å². The van der Waals surface area contributed by atoms with E-state index in [-0.39, 0.29) is 5.41 Å². The minimum atomic E-state index is -0.261. The van der Waals surface area contributed by atoms with Crippen LogP contribution in [0.1, 0.15) is 25.7 Å². The Morgan fingerprint density at radius 1 is 1.12 bits per heavy atom. The third-order valence-electron chi connectivity index (χ3n) is 8.17. The fourth-order valence-corrected chi connectivity index (χ4v) is 6.53. The molecule has 8 heteroatoms. The Hall–Kier alpha value is -2.61. The van der Waals surface area contributed by atoms with Crippen molar-refractivity contribution in [3.63, 3.8) is 0 Å². The fourth-order valence-electron chi connectivity index (χ4n) is 6.53. The number of hydrogen-bond donors (Lipinski definition) is 0. The molecule has 4 bridgehead atoms. The van der Waals surface area contributed by atoms with Crippen LogP contribution in [0, 0.1) is 17.3 Å². The summed E-state index contributed by atoms with van der Waals surface area (Å²) in [5.74, 6) is 3.42. The van der Waals surface area contributed by atoms with Gasteiger partial charge in [0, 0.05) is 49.7 Å². The van der Waals surface area contributed by atoms with Crippen molar-refractivity contribution in [3.8, 4) is 11.5 Å². The zero-order valence-electron chi connectivity index (χ0n) is 18.7. The maximum Gasteiger partial charge on any atom is 0.231 e. The molecule has 2 aromatic rings. The molecule has 1 aromatic heterocycles. The third kappa shape index (κ3) is 2.95. The van der Waals surface area contributed by atoms with E-state index < -0.39 is 0 Å². The molecule has 4 atom stereocenters. The highest BCUT2D eigenvalue weighted by Crippen LogP contribution is 2.58. The van der Waals surface area contributed by atoms with Gasteiger partial charge in [-0.15, -0.1) is 0 Å². The van der Waals surface area contributed by atoms with Crippen molar-refractivity contribution >= 4 is 22.8 Å². The molecule has 2 saturated heterocycles. The van der Waals surface area contributed by atoms with Gasteiger partial charge in [0.15, 0.2) is 11.5 Å². The first-order chi connectivity index (χ1) is 15.6. The van der Waals surface area contributed by atoms with Gasteiger partial charge in [-0.05, 0) is 37.7 Å². The van der Waals surface area contributed by atoms with E-state index in [1.165, 1.54) is 6.42 Å². The van der Waals surface area contributed by atoms with Gasteiger partial charge in [0.05, 0.1) is 37.9 Å². The number of rotatable bonds is 4. The number of benzene rings is 1. The summed E-state index contributed by atoms with van der Waals surface area (Å²) in [7, 11) is 3.24. The zero-order chi connectivity index (χ0) is 21.9. The summed E-state index contributed by atoms with van der Waals surface area (Å²) in [6.07, 6.45) is 6.73. The molecule has 5 fully saturated rings. The smallest absolute Gasteiger partial charge is 0.231 e. The maximum atomic E-state index is 13.6. The number of fused-ring (bicyclic) bond motifs is 2. The lowest BCUT2D eigenvalue weighted by atomic mass is 9.56. The lowest BCUT2D eigenvalue weighted by Crippen LogP contribution is -2.58. The lowest BCUT2D eigenvalue weighted by molar-refractivity contribution is -0.149. The summed E-state index contributed by atoms with van der Waals surface area (Å²) in [4.78, 5) is 27.2. The van der Waals surface area contributed by atoms with Gasteiger partial charge in [-0.3, -0.25) is 4.79 Å². The Kier molecular flexibility index (Phi) is 4.68. The van der Waals surface area contributed by atoms with Crippen LogP contribution in [0.15, 0.2) is 18.3 Å². The maximum absolute atomic E-state index is 13.6. The van der Waals surface area contributed by atoms with E-state index in [9.17, 15) is 4.79 Å². The van der Waals surface area contributed by atoms with Crippen molar-refractivity contribution in [2.45, 2.75) is 31.8 Å². The number of hydrogen-bond acceptors (Lipinski definition) is 7. The van der Waals surface area contributed by atoms with Gasteiger partial charge in [0.25, 0.3) is 0 Å². The van der Waals surface area contributed by atoms with E-state index in [0.717, 1.165) is 43.3 Å². The Balaban J connectivity index is 1.17. The number of aromatic nitrogens is 2. The molecule has 170 valence electrons. The van der Waals surface area contributed by atoms with Crippen molar-refractivity contribution in [2.75, 3.05) is 51.9 Å². The van der Waals surface area contributed by atoms with Gasteiger partial charge in [-0.25, -0.2) is 9.97 Å².